The average Bonchev–Trinajstić information content (AvgIpc) is 2.60. The number of ether oxygens (including phenoxy) is 1. The highest BCUT2D eigenvalue weighted by atomic mass is 16.5. The van der Waals surface area contributed by atoms with Crippen molar-refractivity contribution in [1.82, 2.24) is 5.32 Å². The number of hydrogen-bond donors (Lipinski definition) is 1. The molecule has 0 atom stereocenters. The van der Waals surface area contributed by atoms with Gasteiger partial charge in [0.15, 0.2) is 0 Å². The lowest BCUT2D eigenvalue weighted by Crippen LogP contribution is -2.38. The number of carbonyl (C=O) groups is 1. The van der Waals surface area contributed by atoms with Crippen LogP contribution in [0.3, 0.4) is 0 Å². The van der Waals surface area contributed by atoms with Crippen LogP contribution in [0.15, 0.2) is 48.5 Å². The normalized spacial score (nSPS) is 10.5. The molecule has 2 rings (SSSR count). The second-order valence-electron chi connectivity index (χ2n) is 5.72. The number of carbonyl (C=O) groups excluding carboxylic acids is 1. The summed E-state index contributed by atoms with van der Waals surface area (Å²) in [4.78, 5) is 14.3. The Labute approximate surface area is 144 Å². The van der Waals surface area contributed by atoms with E-state index in [2.05, 4.69) is 5.32 Å². The third-order valence-electron chi connectivity index (χ3n) is 3.97. The van der Waals surface area contributed by atoms with Gasteiger partial charge in [-0.1, -0.05) is 30.3 Å². The van der Waals surface area contributed by atoms with E-state index in [1.807, 2.05) is 67.3 Å². The number of hydrogen-bond acceptors (Lipinski definition) is 3. The molecule has 0 aliphatic rings. The van der Waals surface area contributed by atoms with Crippen molar-refractivity contribution in [2.24, 2.45) is 0 Å². The molecule has 0 aliphatic carbocycles. The number of likely N-dealkylation sites (N-methyl/N-ethyl adjacent to an activating group) is 1. The number of para-hydroxylation sites is 1. The smallest absolute Gasteiger partial charge is 0.240 e. The van der Waals surface area contributed by atoms with Crippen molar-refractivity contribution < 1.29 is 9.53 Å². The third-order valence-corrected chi connectivity index (χ3v) is 3.97. The van der Waals surface area contributed by atoms with Crippen LogP contribution in [0.4, 0.5) is 5.69 Å². The number of nitrogens with one attached hydrogen (secondary N) is 1. The largest absolute Gasteiger partial charge is 0.496 e. The van der Waals surface area contributed by atoms with Crippen LogP contribution in [0.25, 0.3) is 0 Å². The van der Waals surface area contributed by atoms with Gasteiger partial charge in [0.05, 0.1) is 13.7 Å². The average molecular weight is 326 g/mol. The number of amides is 1. The van der Waals surface area contributed by atoms with Crippen LogP contribution in [0.5, 0.6) is 5.75 Å². The van der Waals surface area contributed by atoms with Gasteiger partial charge < -0.3 is 15.0 Å². The highest BCUT2D eigenvalue weighted by Gasteiger charge is 2.13. The second-order valence-corrected chi connectivity index (χ2v) is 5.72. The molecule has 0 fully saturated rings. The van der Waals surface area contributed by atoms with E-state index in [1.54, 1.807) is 7.11 Å². The molecule has 1 amide bonds. The Morgan fingerprint density at radius 1 is 1.17 bits per heavy atom. The van der Waals surface area contributed by atoms with Gasteiger partial charge in [-0.05, 0) is 56.1 Å². The van der Waals surface area contributed by atoms with Gasteiger partial charge >= 0.3 is 0 Å². The lowest BCUT2D eigenvalue weighted by atomic mass is 10.1. The molecule has 4 heteroatoms. The van der Waals surface area contributed by atoms with Gasteiger partial charge in [0.2, 0.25) is 5.91 Å². The minimum atomic E-state index is 0.0862. The number of methoxy groups -OCH3 is 1. The van der Waals surface area contributed by atoms with Crippen LogP contribution in [0, 0.1) is 6.92 Å². The summed E-state index contributed by atoms with van der Waals surface area (Å²) in [6, 6.07) is 16.0. The second kappa shape index (κ2) is 9.08. The van der Waals surface area contributed by atoms with Gasteiger partial charge in [-0.3, -0.25) is 4.79 Å². The van der Waals surface area contributed by atoms with Gasteiger partial charge in [-0.15, -0.1) is 0 Å². The number of anilines is 1. The summed E-state index contributed by atoms with van der Waals surface area (Å²) < 4.78 is 5.35. The zero-order valence-electron chi connectivity index (χ0n) is 14.7. The molecule has 0 aliphatic heterocycles. The SMILES string of the molecule is CCN(C(=O)CNCCc1ccccc1OC)c1cccc(C)c1. The van der Waals surface area contributed by atoms with Crippen LogP contribution in [-0.2, 0) is 11.2 Å². The molecule has 0 unspecified atom stereocenters. The Bertz CT molecular complexity index is 670. The Kier molecular flexibility index (Phi) is 6.82. The summed E-state index contributed by atoms with van der Waals surface area (Å²) in [6.07, 6.45) is 0.827. The van der Waals surface area contributed by atoms with E-state index in [0.29, 0.717) is 13.1 Å². The fourth-order valence-corrected chi connectivity index (χ4v) is 2.72. The van der Waals surface area contributed by atoms with E-state index in [0.717, 1.165) is 35.5 Å². The molecule has 0 heterocycles. The van der Waals surface area contributed by atoms with Crippen LogP contribution in [0.1, 0.15) is 18.1 Å². The van der Waals surface area contributed by atoms with Crippen LogP contribution < -0.4 is 15.0 Å². The molecule has 0 saturated carbocycles. The first-order valence-electron chi connectivity index (χ1n) is 8.35. The highest BCUT2D eigenvalue weighted by molar-refractivity contribution is 5.94. The van der Waals surface area contributed by atoms with Crippen molar-refractivity contribution in [2.75, 3.05) is 31.6 Å². The quantitative estimate of drug-likeness (QED) is 0.758. The molecule has 4 nitrogen and oxygen atoms in total. The minimum absolute atomic E-state index is 0.0862. The maximum Gasteiger partial charge on any atom is 0.240 e. The third kappa shape index (κ3) is 4.83. The first-order chi connectivity index (χ1) is 11.7. The summed E-state index contributed by atoms with van der Waals surface area (Å²) in [7, 11) is 1.68. The molecule has 1 N–H and O–H groups in total. The van der Waals surface area contributed by atoms with Crippen molar-refractivity contribution in [3.05, 3.63) is 59.7 Å². The van der Waals surface area contributed by atoms with E-state index >= 15 is 0 Å². The first kappa shape index (κ1) is 18.0. The maximum absolute atomic E-state index is 12.5. The van der Waals surface area contributed by atoms with Crippen molar-refractivity contribution in [2.45, 2.75) is 20.3 Å². The van der Waals surface area contributed by atoms with Gasteiger partial charge in [0, 0.05) is 12.2 Å². The van der Waals surface area contributed by atoms with Crippen LogP contribution in [0.2, 0.25) is 0 Å². The molecule has 0 spiro atoms. The zero-order chi connectivity index (χ0) is 17.4. The summed E-state index contributed by atoms with van der Waals surface area (Å²) in [5.41, 5.74) is 3.25. The van der Waals surface area contributed by atoms with Gasteiger partial charge in [0.25, 0.3) is 0 Å². The van der Waals surface area contributed by atoms with Crippen molar-refractivity contribution >= 4 is 11.6 Å². The van der Waals surface area contributed by atoms with Gasteiger partial charge in [-0.25, -0.2) is 0 Å². The van der Waals surface area contributed by atoms with E-state index < -0.39 is 0 Å². The number of benzene rings is 2. The fourth-order valence-electron chi connectivity index (χ4n) is 2.72. The zero-order valence-corrected chi connectivity index (χ0v) is 14.7. The summed E-state index contributed by atoms with van der Waals surface area (Å²) in [5.74, 6) is 0.976. The molecule has 0 saturated heterocycles. The number of aryl methyl sites for hydroxylation is 1. The molecular formula is C20H26N2O2. The standard InChI is InChI=1S/C20H26N2O2/c1-4-22(18-10-7-8-16(2)14-18)20(23)15-21-13-12-17-9-5-6-11-19(17)24-3/h5-11,14,21H,4,12-13,15H2,1-3H3. The lowest BCUT2D eigenvalue weighted by Gasteiger charge is -2.21. The first-order valence-corrected chi connectivity index (χ1v) is 8.35. The van der Waals surface area contributed by atoms with E-state index in [9.17, 15) is 4.79 Å². The van der Waals surface area contributed by atoms with Crippen LogP contribution >= 0.6 is 0 Å². The topological polar surface area (TPSA) is 41.6 Å². The molecule has 2 aromatic carbocycles. The van der Waals surface area contributed by atoms with Crippen LogP contribution in [-0.4, -0.2) is 32.7 Å². The Morgan fingerprint density at radius 3 is 2.67 bits per heavy atom. The Morgan fingerprint density at radius 2 is 1.96 bits per heavy atom. The Hall–Kier alpha value is -2.33. The number of rotatable bonds is 8. The monoisotopic (exact) mass is 326 g/mol. The fraction of sp³-hybridized carbons (Fsp3) is 0.350. The maximum atomic E-state index is 12.5. The lowest BCUT2D eigenvalue weighted by molar-refractivity contribution is -0.117. The van der Waals surface area contributed by atoms with E-state index in [-0.39, 0.29) is 5.91 Å². The summed E-state index contributed by atoms with van der Waals surface area (Å²) in [5, 5.41) is 3.24. The molecule has 0 aromatic heterocycles. The van der Waals surface area contributed by atoms with E-state index in [4.69, 9.17) is 4.74 Å². The summed E-state index contributed by atoms with van der Waals surface area (Å²) >= 11 is 0. The van der Waals surface area contributed by atoms with Crippen molar-refractivity contribution in [3.63, 3.8) is 0 Å². The minimum Gasteiger partial charge on any atom is -0.496 e. The van der Waals surface area contributed by atoms with Crippen molar-refractivity contribution in [3.8, 4) is 5.75 Å². The predicted octanol–water partition coefficient (Wildman–Crippen LogP) is 3.19. The molecule has 128 valence electrons. The molecule has 24 heavy (non-hydrogen) atoms. The van der Waals surface area contributed by atoms with Crippen molar-refractivity contribution in [1.29, 1.82) is 0 Å². The molecule has 0 bridgehead atoms. The van der Waals surface area contributed by atoms with E-state index in [1.165, 1.54) is 0 Å². The summed E-state index contributed by atoms with van der Waals surface area (Å²) in [6.45, 7) is 5.76. The molecule has 2 aromatic rings. The van der Waals surface area contributed by atoms with Gasteiger partial charge in [0.1, 0.15) is 5.75 Å². The molecular weight excluding hydrogens is 300 g/mol. The van der Waals surface area contributed by atoms with Gasteiger partial charge in [-0.2, -0.15) is 0 Å². The number of nitrogens with zero attached hydrogens (tertiary/aromatic N) is 1. The Balaban J connectivity index is 1.86. The highest BCUT2D eigenvalue weighted by Crippen LogP contribution is 2.17. The predicted molar refractivity (Wildman–Crippen MR) is 98.8 cm³/mol. The molecule has 0 radical (unpaired) electrons.